The zero-order valence-electron chi connectivity index (χ0n) is 10.4. The second-order valence-corrected chi connectivity index (χ2v) is 4.51. The summed E-state index contributed by atoms with van der Waals surface area (Å²) < 4.78 is 0. The highest BCUT2D eigenvalue weighted by Gasteiger charge is 2.20. The highest BCUT2D eigenvalue weighted by atomic mass is 35.5. The molecule has 6 heteroatoms. The molecule has 1 aliphatic heterocycles. The minimum atomic E-state index is 0. The van der Waals surface area contributed by atoms with Gasteiger partial charge < -0.3 is 5.32 Å². The van der Waals surface area contributed by atoms with E-state index in [9.17, 15) is 0 Å². The fraction of sp³-hybridized carbons (Fsp3) is 0.583. The minimum Gasteiger partial charge on any atom is -0.314 e. The van der Waals surface area contributed by atoms with Gasteiger partial charge >= 0.3 is 0 Å². The van der Waals surface area contributed by atoms with Gasteiger partial charge in [-0.1, -0.05) is 24.6 Å². The Morgan fingerprint density at radius 1 is 1.33 bits per heavy atom. The summed E-state index contributed by atoms with van der Waals surface area (Å²) in [5.41, 5.74) is 1.27. The molecule has 104 valence electrons. The zero-order chi connectivity index (χ0) is 11.4. The van der Waals surface area contributed by atoms with Crippen LogP contribution in [0.5, 0.6) is 0 Å². The smallest absolute Gasteiger partial charge is 0.129 e. The number of nitrogens with zero attached hydrogens (tertiary/aromatic N) is 2. The first kappa shape index (κ1) is 17.9. The Bertz CT molecular complexity index is 326. The maximum atomic E-state index is 5.81. The van der Waals surface area contributed by atoms with Gasteiger partial charge in [0.2, 0.25) is 0 Å². The number of aromatic nitrogens is 1. The van der Waals surface area contributed by atoms with Crippen molar-refractivity contribution in [2.24, 2.45) is 0 Å². The number of halogens is 3. The van der Waals surface area contributed by atoms with E-state index in [0.717, 1.165) is 32.6 Å². The summed E-state index contributed by atoms with van der Waals surface area (Å²) in [5.74, 6) is 0. The van der Waals surface area contributed by atoms with E-state index in [1.807, 2.05) is 12.3 Å². The van der Waals surface area contributed by atoms with Crippen LogP contribution in [0.3, 0.4) is 0 Å². The van der Waals surface area contributed by atoms with E-state index in [1.54, 1.807) is 0 Å². The van der Waals surface area contributed by atoms with Gasteiger partial charge in [-0.05, 0) is 18.1 Å². The Kier molecular flexibility index (Phi) is 8.91. The van der Waals surface area contributed by atoms with Crippen molar-refractivity contribution in [1.82, 2.24) is 15.2 Å². The number of piperazine rings is 1. The van der Waals surface area contributed by atoms with Crippen LogP contribution in [0.25, 0.3) is 0 Å². The molecule has 0 unspecified atom stereocenters. The highest BCUT2D eigenvalue weighted by Crippen LogP contribution is 2.24. The molecule has 0 spiro atoms. The van der Waals surface area contributed by atoms with Crippen LogP contribution in [0, 0.1) is 0 Å². The Hall–Kier alpha value is -0.0600. The maximum absolute atomic E-state index is 5.81. The molecule has 18 heavy (non-hydrogen) atoms. The van der Waals surface area contributed by atoms with Crippen LogP contribution in [0.1, 0.15) is 24.9 Å². The molecule has 0 amide bonds. The first-order valence-electron chi connectivity index (χ1n) is 5.87. The van der Waals surface area contributed by atoms with E-state index in [1.165, 1.54) is 5.56 Å². The monoisotopic (exact) mass is 311 g/mol. The van der Waals surface area contributed by atoms with Crippen LogP contribution in [0.2, 0.25) is 5.15 Å². The summed E-state index contributed by atoms with van der Waals surface area (Å²) in [6.45, 7) is 6.61. The molecule has 0 bridgehead atoms. The quantitative estimate of drug-likeness (QED) is 0.870. The summed E-state index contributed by atoms with van der Waals surface area (Å²) >= 11 is 5.81. The Labute approximate surface area is 126 Å². The predicted octanol–water partition coefficient (Wildman–Crippen LogP) is 2.93. The van der Waals surface area contributed by atoms with Gasteiger partial charge in [-0.15, -0.1) is 24.8 Å². The number of hydrogen-bond acceptors (Lipinski definition) is 3. The lowest BCUT2D eigenvalue weighted by atomic mass is 10.0. The van der Waals surface area contributed by atoms with Gasteiger partial charge in [-0.3, -0.25) is 4.90 Å². The van der Waals surface area contributed by atoms with Crippen molar-refractivity contribution in [2.45, 2.75) is 19.4 Å². The van der Waals surface area contributed by atoms with E-state index < -0.39 is 0 Å². The average molecular weight is 313 g/mol. The Morgan fingerprint density at radius 2 is 2.00 bits per heavy atom. The molecule has 2 heterocycles. The lowest BCUT2D eigenvalue weighted by Crippen LogP contribution is -2.45. The van der Waals surface area contributed by atoms with Crippen molar-refractivity contribution in [2.75, 3.05) is 26.2 Å². The van der Waals surface area contributed by atoms with Crippen LogP contribution in [0.4, 0.5) is 0 Å². The minimum absolute atomic E-state index is 0. The average Bonchev–Trinajstić information content (AvgIpc) is 2.34. The molecule has 1 aliphatic rings. The van der Waals surface area contributed by atoms with E-state index >= 15 is 0 Å². The van der Waals surface area contributed by atoms with Gasteiger partial charge in [-0.25, -0.2) is 4.98 Å². The van der Waals surface area contributed by atoms with Gasteiger partial charge in [0.1, 0.15) is 5.15 Å². The van der Waals surface area contributed by atoms with Crippen LogP contribution >= 0.6 is 36.4 Å². The fourth-order valence-corrected chi connectivity index (χ4v) is 2.39. The SMILES string of the molecule is CC[C@H](c1ccc(Cl)nc1)N1CCNCC1.Cl.Cl. The lowest BCUT2D eigenvalue weighted by Gasteiger charge is -2.34. The second-order valence-electron chi connectivity index (χ2n) is 4.12. The van der Waals surface area contributed by atoms with Crippen molar-refractivity contribution < 1.29 is 0 Å². The first-order chi connectivity index (χ1) is 7.81. The van der Waals surface area contributed by atoms with E-state index in [2.05, 4.69) is 28.2 Å². The van der Waals surface area contributed by atoms with Gasteiger partial charge in [0.05, 0.1) is 0 Å². The third-order valence-corrected chi connectivity index (χ3v) is 3.34. The molecule has 1 atom stereocenters. The molecule has 1 fully saturated rings. The second kappa shape index (κ2) is 8.94. The molecule has 0 aliphatic carbocycles. The zero-order valence-corrected chi connectivity index (χ0v) is 12.8. The Morgan fingerprint density at radius 3 is 2.50 bits per heavy atom. The molecular weight excluding hydrogens is 293 g/mol. The molecular formula is C12H20Cl3N3. The Balaban J connectivity index is 0.00000144. The first-order valence-corrected chi connectivity index (χ1v) is 6.25. The normalized spacial score (nSPS) is 17.4. The third kappa shape index (κ3) is 4.56. The summed E-state index contributed by atoms with van der Waals surface area (Å²) in [4.78, 5) is 6.68. The van der Waals surface area contributed by atoms with Crippen molar-refractivity contribution in [3.8, 4) is 0 Å². The standard InChI is InChI=1S/C12H18ClN3.2ClH/c1-2-11(16-7-5-14-6-8-16)10-3-4-12(13)15-9-10;;/h3-4,9,11,14H,2,5-8H2,1H3;2*1H/t11-;;/m1../s1. The molecule has 1 N–H and O–H groups in total. The molecule has 1 saturated heterocycles. The van der Waals surface area contributed by atoms with Crippen molar-refractivity contribution in [3.63, 3.8) is 0 Å². The van der Waals surface area contributed by atoms with Gasteiger partial charge in [0.15, 0.2) is 0 Å². The molecule has 0 saturated carbocycles. The van der Waals surface area contributed by atoms with Gasteiger partial charge in [-0.2, -0.15) is 0 Å². The molecule has 3 nitrogen and oxygen atoms in total. The van der Waals surface area contributed by atoms with Crippen LogP contribution in [0.15, 0.2) is 18.3 Å². The van der Waals surface area contributed by atoms with Crippen molar-refractivity contribution in [3.05, 3.63) is 29.0 Å². The molecule has 0 radical (unpaired) electrons. The summed E-state index contributed by atoms with van der Waals surface area (Å²) in [6, 6.07) is 4.44. The topological polar surface area (TPSA) is 28.2 Å². The van der Waals surface area contributed by atoms with Crippen molar-refractivity contribution >= 4 is 36.4 Å². The van der Waals surface area contributed by atoms with E-state index in [0.29, 0.717) is 11.2 Å². The predicted molar refractivity (Wildman–Crippen MR) is 81.2 cm³/mol. The van der Waals surface area contributed by atoms with E-state index in [4.69, 9.17) is 11.6 Å². The fourth-order valence-electron chi connectivity index (χ4n) is 2.28. The molecule has 1 aromatic heterocycles. The van der Waals surface area contributed by atoms with Crippen LogP contribution in [-0.2, 0) is 0 Å². The number of nitrogens with one attached hydrogen (secondary N) is 1. The largest absolute Gasteiger partial charge is 0.314 e. The molecule has 2 rings (SSSR count). The summed E-state index contributed by atoms with van der Waals surface area (Å²) in [7, 11) is 0. The maximum Gasteiger partial charge on any atom is 0.129 e. The molecule has 1 aromatic rings. The molecule has 0 aromatic carbocycles. The van der Waals surface area contributed by atoms with Gasteiger partial charge in [0.25, 0.3) is 0 Å². The van der Waals surface area contributed by atoms with E-state index in [-0.39, 0.29) is 24.8 Å². The van der Waals surface area contributed by atoms with Gasteiger partial charge in [0, 0.05) is 38.4 Å². The number of pyridine rings is 1. The van der Waals surface area contributed by atoms with Crippen LogP contribution < -0.4 is 5.32 Å². The summed E-state index contributed by atoms with van der Waals surface area (Å²) in [5, 5.41) is 3.94. The lowest BCUT2D eigenvalue weighted by molar-refractivity contribution is 0.169. The highest BCUT2D eigenvalue weighted by molar-refractivity contribution is 6.29. The van der Waals surface area contributed by atoms with Crippen molar-refractivity contribution in [1.29, 1.82) is 0 Å². The third-order valence-electron chi connectivity index (χ3n) is 3.11. The number of rotatable bonds is 3. The summed E-state index contributed by atoms with van der Waals surface area (Å²) in [6.07, 6.45) is 3.02. The number of hydrogen-bond donors (Lipinski definition) is 1. The van der Waals surface area contributed by atoms with Crippen LogP contribution in [-0.4, -0.2) is 36.1 Å².